The topological polar surface area (TPSA) is 77.1 Å². The first-order valence-corrected chi connectivity index (χ1v) is 8.75. The van der Waals surface area contributed by atoms with E-state index in [0.717, 1.165) is 10.7 Å². The summed E-state index contributed by atoms with van der Waals surface area (Å²) in [7, 11) is 1.31. The Morgan fingerprint density at radius 2 is 2.00 bits per heavy atom. The molecular weight excluding hydrogens is 364 g/mol. The smallest absolute Gasteiger partial charge is 0.387 e. The predicted molar refractivity (Wildman–Crippen MR) is 94.6 cm³/mol. The van der Waals surface area contributed by atoms with Crippen LogP contribution in [0.1, 0.15) is 36.3 Å². The van der Waals surface area contributed by atoms with Crippen LogP contribution in [0.3, 0.4) is 0 Å². The van der Waals surface area contributed by atoms with Gasteiger partial charge in [-0.2, -0.15) is 8.78 Å². The van der Waals surface area contributed by atoms with Crippen molar-refractivity contribution < 1.29 is 18.3 Å². The molecule has 0 saturated carbocycles. The lowest BCUT2D eigenvalue weighted by Crippen LogP contribution is -2.13. The first kappa shape index (κ1) is 18.2. The van der Waals surface area contributed by atoms with Gasteiger partial charge >= 0.3 is 6.61 Å². The van der Waals surface area contributed by atoms with Gasteiger partial charge in [0.15, 0.2) is 11.5 Å². The lowest BCUT2D eigenvalue weighted by atomic mass is 10.2. The number of nitrogens with one attached hydrogen (secondary N) is 1. The fourth-order valence-electron chi connectivity index (χ4n) is 2.47. The van der Waals surface area contributed by atoms with E-state index in [1.807, 2.05) is 5.38 Å². The quantitative estimate of drug-likeness (QED) is 0.704. The fraction of sp³-hybridized carbons (Fsp3) is 0.353. The molecule has 3 aromatic rings. The number of thiazole rings is 1. The molecular formula is C17H17F2N3O3S. The molecule has 1 N–H and O–H groups in total. The number of rotatable bonds is 6. The van der Waals surface area contributed by atoms with Crippen LogP contribution in [0, 0.1) is 0 Å². The number of nitrogens with zero attached hydrogens (tertiary/aromatic N) is 2. The van der Waals surface area contributed by atoms with Gasteiger partial charge in [0.25, 0.3) is 5.56 Å². The van der Waals surface area contributed by atoms with Crippen molar-refractivity contribution in [2.24, 2.45) is 0 Å². The van der Waals surface area contributed by atoms with Crippen molar-refractivity contribution >= 4 is 22.2 Å². The van der Waals surface area contributed by atoms with E-state index in [1.165, 1.54) is 19.2 Å². The summed E-state index contributed by atoms with van der Waals surface area (Å²) in [5.41, 5.74) is 0.657. The Bertz CT molecular complexity index is 985. The van der Waals surface area contributed by atoms with Crippen LogP contribution >= 0.6 is 11.3 Å². The van der Waals surface area contributed by atoms with E-state index in [9.17, 15) is 13.6 Å². The zero-order valence-corrected chi connectivity index (χ0v) is 15.2. The highest BCUT2D eigenvalue weighted by Crippen LogP contribution is 2.31. The second-order valence-corrected chi connectivity index (χ2v) is 6.81. The van der Waals surface area contributed by atoms with Gasteiger partial charge in [-0.3, -0.25) is 4.79 Å². The third-order valence-electron chi connectivity index (χ3n) is 3.67. The summed E-state index contributed by atoms with van der Waals surface area (Å²) < 4.78 is 34.6. The van der Waals surface area contributed by atoms with Crippen molar-refractivity contribution in [3.8, 4) is 11.5 Å². The van der Waals surface area contributed by atoms with E-state index in [1.54, 1.807) is 11.3 Å². The highest BCUT2D eigenvalue weighted by molar-refractivity contribution is 7.09. The van der Waals surface area contributed by atoms with Crippen molar-refractivity contribution in [2.45, 2.75) is 32.8 Å². The van der Waals surface area contributed by atoms with Gasteiger partial charge < -0.3 is 14.5 Å². The van der Waals surface area contributed by atoms with E-state index in [-0.39, 0.29) is 28.0 Å². The van der Waals surface area contributed by atoms with Crippen LogP contribution in [-0.2, 0) is 6.42 Å². The van der Waals surface area contributed by atoms with Gasteiger partial charge in [0.1, 0.15) is 5.82 Å². The molecule has 1 aromatic carbocycles. The molecule has 3 rings (SSSR count). The average molecular weight is 381 g/mol. The summed E-state index contributed by atoms with van der Waals surface area (Å²) >= 11 is 1.55. The summed E-state index contributed by atoms with van der Waals surface area (Å²) in [6, 6.07) is 2.61. The molecule has 0 bridgehead atoms. The van der Waals surface area contributed by atoms with Crippen LogP contribution in [0.2, 0.25) is 0 Å². The molecule has 0 atom stereocenters. The Morgan fingerprint density at radius 1 is 1.23 bits per heavy atom. The molecule has 0 radical (unpaired) electrons. The number of hydrogen-bond acceptors (Lipinski definition) is 6. The zero-order valence-electron chi connectivity index (χ0n) is 14.4. The fourth-order valence-corrected chi connectivity index (χ4v) is 3.30. The minimum absolute atomic E-state index is 0.0407. The van der Waals surface area contributed by atoms with E-state index >= 15 is 0 Å². The SMILES string of the molecule is COc1cc2c(=O)[nH]c(Cc3csc(C(C)C)n3)nc2cc1OC(F)F. The Morgan fingerprint density at radius 3 is 2.62 bits per heavy atom. The van der Waals surface area contributed by atoms with Crippen LogP contribution in [0.25, 0.3) is 10.9 Å². The van der Waals surface area contributed by atoms with E-state index in [0.29, 0.717) is 18.2 Å². The highest BCUT2D eigenvalue weighted by Gasteiger charge is 2.15. The number of alkyl halides is 2. The van der Waals surface area contributed by atoms with Gasteiger partial charge in [0, 0.05) is 23.8 Å². The van der Waals surface area contributed by atoms with Crippen molar-refractivity contribution in [1.29, 1.82) is 0 Å². The molecule has 0 aliphatic heterocycles. The summed E-state index contributed by atoms with van der Waals surface area (Å²) in [4.78, 5) is 23.9. The molecule has 138 valence electrons. The van der Waals surface area contributed by atoms with Gasteiger partial charge in [-0.15, -0.1) is 11.3 Å². The number of aromatic amines is 1. The normalized spacial score (nSPS) is 11.5. The Hall–Kier alpha value is -2.55. The molecule has 0 amide bonds. The number of methoxy groups -OCH3 is 1. The molecule has 26 heavy (non-hydrogen) atoms. The first-order chi connectivity index (χ1) is 12.4. The number of aromatic nitrogens is 3. The molecule has 9 heteroatoms. The number of fused-ring (bicyclic) bond motifs is 1. The third-order valence-corrected chi connectivity index (χ3v) is 4.86. The second kappa shape index (κ2) is 7.36. The number of hydrogen-bond donors (Lipinski definition) is 1. The average Bonchev–Trinajstić information content (AvgIpc) is 3.02. The molecule has 0 aliphatic carbocycles. The lowest BCUT2D eigenvalue weighted by molar-refractivity contribution is -0.0511. The number of halogens is 2. The van der Waals surface area contributed by atoms with Crippen molar-refractivity contribution in [1.82, 2.24) is 15.0 Å². The lowest BCUT2D eigenvalue weighted by Gasteiger charge is -2.11. The molecule has 0 saturated heterocycles. The predicted octanol–water partition coefficient (Wildman–Crippen LogP) is 3.70. The van der Waals surface area contributed by atoms with E-state index in [4.69, 9.17) is 4.74 Å². The van der Waals surface area contributed by atoms with Gasteiger partial charge in [0.2, 0.25) is 0 Å². The monoisotopic (exact) mass is 381 g/mol. The van der Waals surface area contributed by atoms with Crippen LogP contribution in [0.15, 0.2) is 22.3 Å². The summed E-state index contributed by atoms with van der Waals surface area (Å²) in [6.45, 7) is 1.10. The standard InChI is InChI=1S/C17H17F2N3O3S/c1-8(2)16-20-9(7-26-16)4-14-21-11-6-13(25-17(18)19)12(24-3)5-10(11)15(23)22-14/h5-8,17H,4H2,1-3H3,(H,21,22,23). The molecule has 2 heterocycles. The van der Waals surface area contributed by atoms with Crippen LogP contribution in [0.4, 0.5) is 8.78 Å². The number of H-pyrrole nitrogens is 1. The molecule has 6 nitrogen and oxygen atoms in total. The summed E-state index contributed by atoms with van der Waals surface area (Å²) in [5.74, 6) is 0.587. The Labute approximate surface area is 151 Å². The van der Waals surface area contributed by atoms with Crippen LogP contribution in [-0.4, -0.2) is 28.7 Å². The summed E-state index contributed by atoms with van der Waals surface area (Å²) in [5, 5.41) is 3.15. The maximum Gasteiger partial charge on any atom is 0.387 e. The van der Waals surface area contributed by atoms with Gasteiger partial charge in [-0.25, -0.2) is 9.97 Å². The van der Waals surface area contributed by atoms with Gasteiger partial charge in [-0.05, 0) is 6.07 Å². The maximum absolute atomic E-state index is 12.6. The molecule has 2 aromatic heterocycles. The highest BCUT2D eigenvalue weighted by atomic mass is 32.1. The largest absolute Gasteiger partial charge is 0.493 e. The minimum atomic E-state index is -3.01. The molecule has 0 unspecified atom stereocenters. The van der Waals surface area contributed by atoms with Crippen LogP contribution in [0.5, 0.6) is 11.5 Å². The van der Waals surface area contributed by atoms with Crippen molar-refractivity contribution in [3.05, 3.63) is 44.4 Å². The molecule has 0 aliphatic rings. The van der Waals surface area contributed by atoms with Crippen molar-refractivity contribution in [2.75, 3.05) is 7.11 Å². The first-order valence-electron chi connectivity index (χ1n) is 7.87. The van der Waals surface area contributed by atoms with Gasteiger partial charge in [-0.1, -0.05) is 13.8 Å². The number of benzene rings is 1. The Kier molecular flexibility index (Phi) is 5.17. The summed E-state index contributed by atoms with van der Waals surface area (Å²) in [6.07, 6.45) is 0.339. The van der Waals surface area contributed by atoms with Crippen molar-refractivity contribution in [3.63, 3.8) is 0 Å². The van der Waals surface area contributed by atoms with E-state index in [2.05, 4.69) is 33.5 Å². The van der Waals surface area contributed by atoms with Crippen LogP contribution < -0.4 is 15.0 Å². The van der Waals surface area contributed by atoms with E-state index < -0.39 is 6.61 Å². The molecule has 0 fully saturated rings. The molecule has 0 spiro atoms. The second-order valence-electron chi connectivity index (χ2n) is 5.92. The third kappa shape index (κ3) is 3.82. The zero-order chi connectivity index (χ0) is 18.8. The number of ether oxygens (including phenoxy) is 2. The Balaban J connectivity index is 2.00. The van der Waals surface area contributed by atoms with Gasteiger partial charge in [0.05, 0.1) is 28.7 Å². The maximum atomic E-state index is 12.6. The minimum Gasteiger partial charge on any atom is -0.493 e.